The Balaban J connectivity index is 2.06. The van der Waals surface area contributed by atoms with Crippen LogP contribution in [-0.4, -0.2) is 127 Å². The molecule has 1 aromatic rings. The second-order valence-electron chi connectivity index (χ2n) is 14.5. The van der Waals surface area contributed by atoms with Crippen LogP contribution in [0.3, 0.4) is 0 Å². The van der Waals surface area contributed by atoms with Crippen LogP contribution in [0, 0.1) is 23.2 Å². The Bertz CT molecular complexity index is 1700. The van der Waals surface area contributed by atoms with Gasteiger partial charge in [0.1, 0.15) is 17.8 Å². The van der Waals surface area contributed by atoms with Crippen molar-refractivity contribution < 1.29 is 53.1 Å². The van der Waals surface area contributed by atoms with Crippen molar-refractivity contribution in [3.8, 4) is 5.75 Å². The average Bonchev–Trinajstić information content (AvgIpc) is 3.21. The molecular formula is C38H59N11O11S. The average molecular weight is 878 g/mol. The molecule has 22 nitrogen and oxygen atoms in total. The van der Waals surface area contributed by atoms with Crippen LogP contribution in [0.4, 0.5) is 0 Å². The van der Waals surface area contributed by atoms with Gasteiger partial charge in [-0.2, -0.15) is 0 Å². The van der Waals surface area contributed by atoms with E-state index in [1.54, 1.807) is 29.7 Å². The number of benzene rings is 1. The maximum Gasteiger partial charge on any atom is 0.247 e. The predicted octanol–water partition coefficient (Wildman–Crippen LogP) is -2.72. The molecule has 13 N–H and O–H groups in total. The monoisotopic (exact) mass is 877 g/mol. The number of nitrogens with two attached hydrogens (primary N) is 1. The van der Waals surface area contributed by atoms with E-state index in [4.69, 9.17) is 15.9 Å². The van der Waals surface area contributed by atoms with Crippen LogP contribution >= 0.6 is 11.8 Å². The van der Waals surface area contributed by atoms with Crippen molar-refractivity contribution in [2.75, 3.05) is 51.6 Å². The lowest BCUT2D eigenvalue weighted by Crippen LogP contribution is -2.56. The van der Waals surface area contributed by atoms with Gasteiger partial charge in [0.2, 0.25) is 47.3 Å². The topological polar surface area (TPSA) is 341 Å². The fourth-order valence-electron chi connectivity index (χ4n) is 6.02. The molecular weight excluding hydrogens is 819 g/mol. The molecule has 2 bridgehead atoms. The van der Waals surface area contributed by atoms with E-state index in [1.165, 1.54) is 6.92 Å². The Morgan fingerprint density at radius 3 is 2.07 bits per heavy atom. The molecule has 338 valence electrons. The number of hydrogen-bond donors (Lipinski definition) is 12. The van der Waals surface area contributed by atoms with Crippen LogP contribution in [0.15, 0.2) is 24.3 Å². The van der Waals surface area contributed by atoms with E-state index in [1.807, 2.05) is 13.8 Å². The first-order valence-electron chi connectivity index (χ1n) is 19.8. The van der Waals surface area contributed by atoms with Gasteiger partial charge in [-0.25, -0.2) is 5.48 Å². The van der Waals surface area contributed by atoms with Crippen LogP contribution in [0.5, 0.6) is 5.75 Å². The van der Waals surface area contributed by atoms with Gasteiger partial charge in [0.05, 0.1) is 37.9 Å². The molecule has 0 spiro atoms. The van der Waals surface area contributed by atoms with E-state index < -0.39 is 90.8 Å². The van der Waals surface area contributed by atoms with E-state index in [0.29, 0.717) is 17.7 Å². The molecule has 61 heavy (non-hydrogen) atoms. The number of hydrogen-bond acceptors (Lipinski definition) is 13. The van der Waals surface area contributed by atoms with Crippen LogP contribution in [0.25, 0.3) is 0 Å². The Morgan fingerprint density at radius 1 is 0.869 bits per heavy atom. The summed E-state index contributed by atoms with van der Waals surface area (Å²) in [5.41, 5.74) is 7.73. The molecule has 1 unspecified atom stereocenters. The van der Waals surface area contributed by atoms with Crippen molar-refractivity contribution in [1.82, 2.24) is 48.0 Å². The highest BCUT2D eigenvalue weighted by Crippen LogP contribution is 2.27. The van der Waals surface area contributed by atoms with E-state index in [0.717, 1.165) is 11.8 Å². The quantitative estimate of drug-likeness (QED) is 0.0196. The lowest BCUT2D eigenvalue weighted by Gasteiger charge is -2.29. The third-order valence-corrected chi connectivity index (χ3v) is 9.84. The molecule has 0 fully saturated rings. The molecule has 2 aliphatic heterocycles. The highest BCUT2D eigenvalue weighted by molar-refractivity contribution is 8.14. The van der Waals surface area contributed by atoms with Crippen molar-refractivity contribution in [2.45, 2.75) is 71.4 Å². The number of thioether (sulfide) groups is 1. The first-order chi connectivity index (χ1) is 29.0. The van der Waals surface area contributed by atoms with Crippen molar-refractivity contribution in [3.05, 3.63) is 29.8 Å². The summed E-state index contributed by atoms with van der Waals surface area (Å²) in [6, 6.07) is 4.60. The van der Waals surface area contributed by atoms with Gasteiger partial charge in [-0.15, -0.1) is 0 Å². The molecule has 0 aliphatic carbocycles. The van der Waals surface area contributed by atoms with Crippen LogP contribution in [0.1, 0.15) is 58.4 Å². The largest absolute Gasteiger partial charge is 0.494 e. The highest BCUT2D eigenvalue weighted by Gasteiger charge is 2.36. The van der Waals surface area contributed by atoms with Gasteiger partial charge in [0.25, 0.3) is 0 Å². The summed E-state index contributed by atoms with van der Waals surface area (Å²) in [6.45, 7) is 4.06. The number of amides is 8. The number of carbonyl (C=O) groups is 9. The summed E-state index contributed by atoms with van der Waals surface area (Å²) in [7, 11) is 0. The number of nitrogens with one attached hydrogen (secondary N) is 10. The first-order valence-corrected chi connectivity index (χ1v) is 20.8. The van der Waals surface area contributed by atoms with Gasteiger partial charge >= 0.3 is 0 Å². The van der Waals surface area contributed by atoms with Crippen molar-refractivity contribution in [1.29, 1.82) is 5.41 Å². The number of carbonyl (C=O) groups excluding carboxylic acids is 9. The van der Waals surface area contributed by atoms with Crippen molar-refractivity contribution in [3.63, 3.8) is 0 Å². The lowest BCUT2D eigenvalue weighted by molar-refractivity contribution is -0.142. The van der Waals surface area contributed by atoms with E-state index in [-0.39, 0.29) is 81.1 Å². The van der Waals surface area contributed by atoms with Gasteiger partial charge in [-0.1, -0.05) is 37.7 Å². The normalized spacial score (nSPS) is 16.9. The fourth-order valence-corrected chi connectivity index (χ4v) is 6.46. The highest BCUT2D eigenvalue weighted by atomic mass is 32.2. The Hall–Kier alpha value is -5.97. The Kier molecular flexibility index (Phi) is 23.3. The minimum atomic E-state index is -1.20. The Labute approximate surface area is 358 Å². The summed E-state index contributed by atoms with van der Waals surface area (Å²) in [5.74, 6) is -6.86. The third-order valence-electron chi connectivity index (χ3n) is 9.03. The van der Waals surface area contributed by atoms with Crippen LogP contribution in [-0.2, 0) is 49.6 Å². The summed E-state index contributed by atoms with van der Waals surface area (Å²) in [6.07, 6.45) is 1.27. The molecule has 4 atom stereocenters. The maximum absolute atomic E-state index is 14.0. The predicted molar refractivity (Wildman–Crippen MR) is 222 cm³/mol. The fraction of sp³-hybridized carbons (Fsp3) is 0.579. The SMILES string of the molecule is CC(=O)SCC(=O)NCC(=O)NCC(=O)NCC(=O)NCCNC(=O)[C@H](CCCNC(=N)N)NC(=O)C1Cc2ccc(cc2)OCCC[C@H](C(=O)NO)[C@@H](CC(C)C)C(=O)N1. The summed E-state index contributed by atoms with van der Waals surface area (Å²) in [4.78, 5) is 113. The van der Waals surface area contributed by atoms with Gasteiger partial charge in [0, 0.05) is 38.9 Å². The zero-order chi connectivity index (χ0) is 45.3. The summed E-state index contributed by atoms with van der Waals surface area (Å²) >= 11 is 0.782. The number of fused-ring (bicyclic) bond motifs is 11. The van der Waals surface area contributed by atoms with Crippen LogP contribution < -0.4 is 58.5 Å². The second kappa shape index (κ2) is 27.7. The number of hydroxylamine groups is 1. The smallest absolute Gasteiger partial charge is 0.247 e. The maximum atomic E-state index is 14.0. The minimum absolute atomic E-state index is 0.0129. The van der Waals surface area contributed by atoms with Gasteiger partial charge in [-0.3, -0.25) is 53.8 Å². The van der Waals surface area contributed by atoms with E-state index in [2.05, 4.69) is 42.5 Å². The second-order valence-corrected chi connectivity index (χ2v) is 15.7. The first kappa shape index (κ1) is 51.2. The van der Waals surface area contributed by atoms with Gasteiger partial charge < -0.3 is 53.0 Å². The molecule has 2 heterocycles. The van der Waals surface area contributed by atoms with Crippen LogP contribution in [0.2, 0.25) is 0 Å². The summed E-state index contributed by atoms with van der Waals surface area (Å²) in [5, 5.41) is 36.9. The van der Waals surface area contributed by atoms with Crippen molar-refractivity contribution in [2.24, 2.45) is 23.5 Å². The molecule has 3 rings (SSSR count). The van der Waals surface area contributed by atoms with Gasteiger partial charge in [-0.05, 0) is 55.7 Å². The molecule has 0 saturated carbocycles. The molecule has 1 aromatic carbocycles. The number of ether oxygens (including phenoxy) is 1. The van der Waals surface area contributed by atoms with E-state index in [9.17, 15) is 48.4 Å². The molecule has 8 amide bonds. The lowest BCUT2D eigenvalue weighted by atomic mass is 9.81. The van der Waals surface area contributed by atoms with Gasteiger partial charge in [0.15, 0.2) is 11.1 Å². The summed E-state index contributed by atoms with van der Waals surface area (Å²) < 4.78 is 5.82. The Morgan fingerprint density at radius 2 is 1.48 bits per heavy atom. The molecule has 0 radical (unpaired) electrons. The third kappa shape index (κ3) is 21.2. The number of guanidine groups is 1. The van der Waals surface area contributed by atoms with E-state index >= 15 is 0 Å². The zero-order valence-electron chi connectivity index (χ0n) is 34.6. The molecule has 0 aromatic heterocycles. The minimum Gasteiger partial charge on any atom is -0.494 e. The van der Waals surface area contributed by atoms with Crippen molar-refractivity contribution >= 4 is 70.1 Å². The number of rotatable bonds is 21. The molecule has 0 saturated heterocycles. The molecule has 23 heteroatoms. The standard InChI is InChI=1S/C38H59N11O11S/c1-22(2)16-27-26(35(56)49-59)6-5-15-60-25-10-8-24(9-11-25)17-29(48-34(27)55)37(58)47-28(7-4-12-43-38(39)40)36(57)42-14-13-41-30(51)18-44-31(52)19-45-32(53)20-46-33(54)21-61-23(3)50/h8-11,22,26-29,59H,4-7,12-21H2,1-3H3,(H,41,51)(H,42,57)(H,44,52)(H,45,53)(H,46,54)(H,47,58)(H,48,55)(H,49,56)(H4,39,40,43)/t26-,27+,28-,29?/m0/s1. The zero-order valence-corrected chi connectivity index (χ0v) is 35.4. The molecule has 2 aliphatic rings.